The molecule has 0 N–H and O–H groups in total. The van der Waals surface area contributed by atoms with E-state index in [2.05, 4.69) is 12.1 Å². The van der Waals surface area contributed by atoms with Crippen molar-refractivity contribution in [3.05, 3.63) is 39.6 Å². The molecular weight excluding hydrogens is 347 g/mol. The Morgan fingerprint density at radius 2 is 2.04 bits per heavy atom. The van der Waals surface area contributed by atoms with Crippen LogP contribution in [0.25, 0.3) is 11.3 Å². The first kappa shape index (κ1) is 17.3. The molecular formula is C18H20Cl2N2O2. The van der Waals surface area contributed by atoms with Crippen LogP contribution in [0, 0.1) is 6.92 Å². The van der Waals surface area contributed by atoms with E-state index in [4.69, 9.17) is 27.7 Å². The van der Waals surface area contributed by atoms with E-state index >= 15 is 0 Å². The smallest absolute Gasteiger partial charge is 0.259 e. The molecule has 1 amide bonds. The van der Waals surface area contributed by atoms with Gasteiger partial charge in [0.25, 0.3) is 5.91 Å². The fourth-order valence-corrected chi connectivity index (χ4v) is 3.93. The normalized spacial score (nSPS) is 18.0. The number of hydrogen-bond acceptors (Lipinski definition) is 3. The first-order valence-electron chi connectivity index (χ1n) is 8.26. The summed E-state index contributed by atoms with van der Waals surface area (Å²) < 4.78 is 5.33. The van der Waals surface area contributed by atoms with Gasteiger partial charge in [0.05, 0.1) is 10.0 Å². The lowest BCUT2D eigenvalue weighted by molar-refractivity contribution is 0.0607. The van der Waals surface area contributed by atoms with Gasteiger partial charge in [-0.05, 0) is 44.7 Å². The molecule has 1 aromatic heterocycles. The van der Waals surface area contributed by atoms with Gasteiger partial charge in [-0.3, -0.25) is 4.79 Å². The molecule has 0 aliphatic carbocycles. The van der Waals surface area contributed by atoms with Gasteiger partial charge in [-0.2, -0.15) is 0 Å². The van der Waals surface area contributed by atoms with Gasteiger partial charge in [-0.15, -0.1) is 0 Å². The van der Waals surface area contributed by atoms with E-state index in [1.54, 1.807) is 25.1 Å². The summed E-state index contributed by atoms with van der Waals surface area (Å²) in [5, 5.41) is 4.99. The van der Waals surface area contributed by atoms with E-state index in [-0.39, 0.29) is 11.9 Å². The van der Waals surface area contributed by atoms with Gasteiger partial charge in [0.15, 0.2) is 0 Å². The topological polar surface area (TPSA) is 46.3 Å². The first-order valence-corrected chi connectivity index (χ1v) is 9.01. The highest BCUT2D eigenvalue weighted by molar-refractivity contribution is 6.39. The molecule has 4 nitrogen and oxygen atoms in total. The van der Waals surface area contributed by atoms with Crippen molar-refractivity contribution in [2.45, 2.75) is 45.6 Å². The van der Waals surface area contributed by atoms with E-state index in [1.807, 2.05) is 4.90 Å². The molecule has 128 valence electrons. The molecule has 1 aliphatic rings. The third kappa shape index (κ3) is 3.05. The van der Waals surface area contributed by atoms with Crippen LogP contribution in [0.3, 0.4) is 0 Å². The first-order chi connectivity index (χ1) is 11.5. The number of carbonyl (C=O) groups is 1. The third-order valence-corrected chi connectivity index (χ3v) is 5.27. The zero-order valence-corrected chi connectivity index (χ0v) is 15.3. The summed E-state index contributed by atoms with van der Waals surface area (Å²) in [6, 6.07) is 5.49. The van der Waals surface area contributed by atoms with Crippen molar-refractivity contribution in [1.82, 2.24) is 10.1 Å². The van der Waals surface area contributed by atoms with E-state index in [1.165, 1.54) is 0 Å². The molecule has 1 fully saturated rings. The van der Waals surface area contributed by atoms with Gasteiger partial charge in [0.1, 0.15) is 17.0 Å². The van der Waals surface area contributed by atoms with Crippen molar-refractivity contribution < 1.29 is 9.32 Å². The van der Waals surface area contributed by atoms with Crippen LogP contribution in [0.4, 0.5) is 0 Å². The van der Waals surface area contributed by atoms with Gasteiger partial charge in [-0.25, -0.2) is 0 Å². The van der Waals surface area contributed by atoms with Crippen LogP contribution in [-0.2, 0) is 0 Å². The molecule has 0 unspecified atom stereocenters. The maximum Gasteiger partial charge on any atom is 0.259 e. The van der Waals surface area contributed by atoms with E-state index in [0.717, 1.165) is 32.2 Å². The van der Waals surface area contributed by atoms with Crippen LogP contribution < -0.4 is 0 Å². The van der Waals surface area contributed by atoms with Crippen molar-refractivity contribution in [1.29, 1.82) is 0 Å². The predicted octanol–water partition coefficient (Wildman–Crippen LogP) is 5.36. The summed E-state index contributed by atoms with van der Waals surface area (Å²) in [6.07, 6.45) is 4.16. The molecule has 1 aliphatic heterocycles. The molecule has 3 rings (SSSR count). The number of nitrogens with zero attached hydrogens (tertiary/aromatic N) is 2. The second-order valence-corrected chi connectivity index (χ2v) is 6.93. The Morgan fingerprint density at radius 3 is 2.71 bits per heavy atom. The second-order valence-electron chi connectivity index (χ2n) is 6.12. The van der Waals surface area contributed by atoms with Crippen LogP contribution in [0.1, 0.15) is 48.7 Å². The fourth-order valence-electron chi connectivity index (χ4n) is 3.35. The monoisotopic (exact) mass is 366 g/mol. The standard InChI is InChI=1S/C18H20Cl2N2O2/c1-3-12-7-4-5-10-22(12)18(23)15-11(2)24-21-17(15)16-13(19)8-6-9-14(16)20/h6,8-9,12H,3-5,7,10H2,1-2H3/t12-/m0/s1. The predicted molar refractivity (Wildman–Crippen MR) is 95.7 cm³/mol. The zero-order chi connectivity index (χ0) is 17.3. The van der Waals surface area contributed by atoms with Crippen LogP contribution in [0.15, 0.2) is 22.7 Å². The maximum absolute atomic E-state index is 13.2. The minimum Gasteiger partial charge on any atom is -0.360 e. The number of carbonyl (C=O) groups excluding carboxylic acids is 1. The van der Waals surface area contributed by atoms with Crippen LogP contribution in [0.2, 0.25) is 10.0 Å². The highest BCUT2D eigenvalue weighted by Gasteiger charge is 2.32. The molecule has 0 bridgehead atoms. The highest BCUT2D eigenvalue weighted by atomic mass is 35.5. The number of likely N-dealkylation sites (tertiary alicyclic amines) is 1. The molecule has 1 saturated heterocycles. The summed E-state index contributed by atoms with van der Waals surface area (Å²) in [5.41, 5.74) is 1.44. The molecule has 2 heterocycles. The average molecular weight is 367 g/mol. The number of halogens is 2. The quantitative estimate of drug-likeness (QED) is 0.734. The Hall–Kier alpha value is -1.52. The average Bonchev–Trinajstić information content (AvgIpc) is 2.95. The number of benzene rings is 1. The van der Waals surface area contributed by atoms with Crippen molar-refractivity contribution in [3.63, 3.8) is 0 Å². The number of piperidine rings is 1. The Balaban J connectivity index is 2.06. The van der Waals surface area contributed by atoms with Crippen LogP contribution in [-0.4, -0.2) is 28.6 Å². The summed E-state index contributed by atoms with van der Waals surface area (Å²) >= 11 is 12.6. The molecule has 1 aromatic carbocycles. The van der Waals surface area contributed by atoms with Gasteiger partial charge in [-0.1, -0.05) is 41.3 Å². The number of aromatic nitrogens is 1. The summed E-state index contributed by atoms with van der Waals surface area (Å²) in [4.78, 5) is 15.1. The Labute approximate surface area is 151 Å². The van der Waals surface area contributed by atoms with Crippen LogP contribution >= 0.6 is 23.2 Å². The summed E-state index contributed by atoms with van der Waals surface area (Å²) in [5.74, 6) is 0.442. The Bertz CT molecular complexity index is 737. The SMILES string of the molecule is CC[C@H]1CCCCN1C(=O)c1c(-c2c(Cl)cccc2Cl)noc1C. The fraction of sp³-hybridized carbons (Fsp3) is 0.444. The van der Waals surface area contributed by atoms with Gasteiger partial charge >= 0.3 is 0 Å². The Kier molecular flexibility index (Phi) is 5.16. The number of rotatable bonds is 3. The summed E-state index contributed by atoms with van der Waals surface area (Å²) in [7, 11) is 0. The van der Waals surface area contributed by atoms with E-state index in [0.29, 0.717) is 32.6 Å². The van der Waals surface area contributed by atoms with Crippen molar-refractivity contribution in [2.75, 3.05) is 6.54 Å². The van der Waals surface area contributed by atoms with Crippen molar-refractivity contribution in [3.8, 4) is 11.3 Å². The number of hydrogen-bond donors (Lipinski definition) is 0. The van der Waals surface area contributed by atoms with Crippen molar-refractivity contribution in [2.24, 2.45) is 0 Å². The maximum atomic E-state index is 13.2. The molecule has 0 saturated carbocycles. The largest absolute Gasteiger partial charge is 0.360 e. The van der Waals surface area contributed by atoms with E-state index < -0.39 is 0 Å². The molecule has 2 aromatic rings. The van der Waals surface area contributed by atoms with Crippen LogP contribution in [0.5, 0.6) is 0 Å². The van der Waals surface area contributed by atoms with Gasteiger partial charge in [0, 0.05) is 18.2 Å². The lowest BCUT2D eigenvalue weighted by Gasteiger charge is -2.35. The third-order valence-electron chi connectivity index (χ3n) is 4.64. The molecule has 1 atom stereocenters. The lowest BCUT2D eigenvalue weighted by Crippen LogP contribution is -2.43. The Morgan fingerprint density at radius 1 is 1.33 bits per heavy atom. The number of aryl methyl sites for hydroxylation is 1. The van der Waals surface area contributed by atoms with Gasteiger partial charge < -0.3 is 9.42 Å². The summed E-state index contributed by atoms with van der Waals surface area (Å²) in [6.45, 7) is 4.62. The molecule has 0 radical (unpaired) electrons. The van der Waals surface area contributed by atoms with Gasteiger partial charge in [0.2, 0.25) is 0 Å². The molecule has 24 heavy (non-hydrogen) atoms. The second kappa shape index (κ2) is 7.16. The molecule has 6 heteroatoms. The lowest BCUT2D eigenvalue weighted by atomic mass is 9.97. The van der Waals surface area contributed by atoms with Crippen molar-refractivity contribution >= 4 is 29.1 Å². The highest BCUT2D eigenvalue weighted by Crippen LogP contribution is 2.37. The van der Waals surface area contributed by atoms with E-state index in [9.17, 15) is 4.79 Å². The minimum atomic E-state index is -0.0497. The zero-order valence-electron chi connectivity index (χ0n) is 13.8. The minimum absolute atomic E-state index is 0.0497. The number of amides is 1. The molecule has 0 spiro atoms.